The van der Waals surface area contributed by atoms with Gasteiger partial charge in [0.1, 0.15) is 0 Å². The van der Waals surface area contributed by atoms with Crippen LogP contribution in [0.4, 0.5) is 0 Å². The summed E-state index contributed by atoms with van der Waals surface area (Å²) < 4.78 is 3.33. The van der Waals surface area contributed by atoms with Crippen molar-refractivity contribution in [2.75, 3.05) is 0 Å². The summed E-state index contributed by atoms with van der Waals surface area (Å²) in [6.45, 7) is 6.54. The Morgan fingerprint density at radius 1 is 1.07 bits per heavy atom. The van der Waals surface area contributed by atoms with Crippen LogP contribution in [-0.2, 0) is 11.3 Å². The van der Waals surface area contributed by atoms with Gasteiger partial charge in [0, 0.05) is 27.1 Å². The fraction of sp³-hybridized carbons (Fsp3) is 0.250. The number of hydrogen-bond acceptors (Lipinski definition) is 3. The molecule has 0 atom stereocenters. The van der Waals surface area contributed by atoms with Gasteiger partial charge >= 0.3 is 5.97 Å². The predicted molar refractivity (Wildman–Crippen MR) is 119 cm³/mol. The number of fused-ring (bicyclic) bond motifs is 1. The molecule has 5 heteroatoms. The Hall–Kier alpha value is -2.66. The molecule has 0 N–H and O–H groups in total. The highest BCUT2D eigenvalue weighted by atomic mass is 79.9. The maximum absolute atomic E-state index is 12.3. The van der Waals surface area contributed by atoms with E-state index >= 15 is 0 Å². The second kappa shape index (κ2) is 7.64. The average molecular weight is 451 g/mol. The molecule has 29 heavy (non-hydrogen) atoms. The van der Waals surface area contributed by atoms with Crippen molar-refractivity contribution in [3.05, 3.63) is 87.7 Å². The molecule has 0 saturated carbocycles. The van der Waals surface area contributed by atoms with Crippen LogP contribution in [0, 0.1) is 12.3 Å². The lowest BCUT2D eigenvalue weighted by Crippen LogP contribution is -2.28. The third-order valence-corrected chi connectivity index (χ3v) is 5.75. The van der Waals surface area contributed by atoms with Gasteiger partial charge in [-0.2, -0.15) is 0 Å². The van der Waals surface area contributed by atoms with E-state index in [1.807, 2.05) is 30.3 Å². The van der Waals surface area contributed by atoms with Crippen LogP contribution in [0.15, 0.2) is 70.3 Å². The lowest BCUT2D eigenvalue weighted by molar-refractivity contribution is 0.0514. The van der Waals surface area contributed by atoms with Crippen LogP contribution in [-0.4, -0.2) is 16.2 Å². The van der Waals surface area contributed by atoms with Crippen molar-refractivity contribution in [1.29, 1.82) is 0 Å². The van der Waals surface area contributed by atoms with Crippen molar-refractivity contribution in [2.45, 2.75) is 33.6 Å². The topological polar surface area (TPSA) is 43.6 Å². The first kappa shape index (κ1) is 19.6. The molecule has 3 aromatic rings. The highest BCUT2D eigenvalue weighted by Gasteiger charge is 2.33. The van der Waals surface area contributed by atoms with E-state index in [1.54, 1.807) is 12.1 Å². The summed E-state index contributed by atoms with van der Waals surface area (Å²) in [6, 6.07) is 19.4. The maximum Gasteiger partial charge on any atom is 0.365 e. The van der Waals surface area contributed by atoms with Gasteiger partial charge in [-0.15, -0.1) is 0 Å². The lowest BCUT2D eigenvalue weighted by Gasteiger charge is -2.31. The molecule has 1 aromatic heterocycles. The van der Waals surface area contributed by atoms with Crippen molar-refractivity contribution in [2.24, 2.45) is 10.6 Å². The van der Waals surface area contributed by atoms with Crippen LogP contribution >= 0.6 is 15.9 Å². The first-order valence-electron chi connectivity index (χ1n) is 9.65. The lowest BCUT2D eigenvalue weighted by atomic mass is 9.76. The van der Waals surface area contributed by atoms with Crippen molar-refractivity contribution >= 4 is 27.6 Å². The maximum atomic E-state index is 12.3. The monoisotopic (exact) mass is 450 g/mol. The highest BCUT2D eigenvalue weighted by Crippen LogP contribution is 2.38. The van der Waals surface area contributed by atoms with Gasteiger partial charge < -0.3 is 9.40 Å². The molecule has 1 heterocycles. The van der Waals surface area contributed by atoms with Crippen LogP contribution in [0.3, 0.4) is 0 Å². The molecule has 1 aliphatic carbocycles. The number of benzene rings is 2. The Bertz CT molecular complexity index is 1080. The largest absolute Gasteiger partial charge is 0.365 e. The second-order valence-electron chi connectivity index (χ2n) is 8.26. The smallest absolute Gasteiger partial charge is 0.318 e. The summed E-state index contributed by atoms with van der Waals surface area (Å²) >= 11 is 3.51. The third kappa shape index (κ3) is 4.06. The third-order valence-electron chi connectivity index (χ3n) is 5.22. The van der Waals surface area contributed by atoms with Gasteiger partial charge in [0.25, 0.3) is 0 Å². The Labute approximate surface area is 179 Å². The number of aromatic nitrogens is 1. The molecule has 0 bridgehead atoms. The summed E-state index contributed by atoms with van der Waals surface area (Å²) in [5.74, 6) is -0.438. The van der Waals surface area contributed by atoms with Crippen LogP contribution in [0.25, 0.3) is 5.69 Å². The van der Waals surface area contributed by atoms with E-state index in [4.69, 9.17) is 4.84 Å². The van der Waals surface area contributed by atoms with Crippen molar-refractivity contribution in [3.8, 4) is 5.69 Å². The summed E-state index contributed by atoms with van der Waals surface area (Å²) in [4.78, 5) is 17.7. The van der Waals surface area contributed by atoms with Gasteiger partial charge in [-0.05, 0) is 67.6 Å². The van der Waals surface area contributed by atoms with E-state index in [0.29, 0.717) is 5.56 Å². The van der Waals surface area contributed by atoms with E-state index < -0.39 is 5.97 Å². The Balaban J connectivity index is 1.72. The minimum Gasteiger partial charge on any atom is -0.318 e. The van der Waals surface area contributed by atoms with E-state index in [1.165, 1.54) is 5.69 Å². The van der Waals surface area contributed by atoms with E-state index in [0.717, 1.165) is 40.0 Å². The van der Waals surface area contributed by atoms with Gasteiger partial charge in [0.05, 0.1) is 11.3 Å². The number of rotatable bonds is 3. The minimum atomic E-state index is -0.438. The summed E-state index contributed by atoms with van der Waals surface area (Å²) in [5.41, 5.74) is 5.85. The zero-order valence-electron chi connectivity index (χ0n) is 16.8. The number of halogens is 1. The average Bonchev–Trinajstić information content (AvgIpc) is 3.02. The molecule has 4 rings (SSSR count). The number of carbonyl (C=O) groups excluding carboxylic acids is 1. The number of aryl methyl sites for hydroxylation is 1. The predicted octanol–water partition coefficient (Wildman–Crippen LogP) is 6.08. The van der Waals surface area contributed by atoms with Crippen LogP contribution in [0.2, 0.25) is 0 Å². The first-order chi connectivity index (χ1) is 13.8. The normalized spacial score (nSPS) is 16.5. The van der Waals surface area contributed by atoms with Crippen LogP contribution < -0.4 is 0 Å². The standard InChI is InChI=1S/C24H23BrN2O2/c1-16-13-20-21(26-29-23(28)17-7-5-4-6-8-17)14-24(2,3)15-22(20)27(16)19-11-9-18(25)10-12-19/h4-13H,14-15H2,1-3H3/b26-21+. The number of carbonyl (C=O) groups is 1. The summed E-state index contributed by atoms with van der Waals surface area (Å²) in [6.07, 6.45) is 1.68. The molecule has 0 spiro atoms. The molecule has 4 nitrogen and oxygen atoms in total. The zero-order valence-corrected chi connectivity index (χ0v) is 18.4. The highest BCUT2D eigenvalue weighted by molar-refractivity contribution is 9.10. The van der Waals surface area contributed by atoms with Gasteiger partial charge in [-0.3, -0.25) is 0 Å². The fourth-order valence-electron chi connectivity index (χ4n) is 3.93. The number of nitrogens with zero attached hydrogens (tertiary/aromatic N) is 2. The van der Waals surface area contributed by atoms with Gasteiger partial charge in [0.15, 0.2) is 0 Å². The molecule has 0 fully saturated rings. The molecule has 0 radical (unpaired) electrons. The molecule has 0 aliphatic heterocycles. The molecular formula is C24H23BrN2O2. The molecule has 0 unspecified atom stereocenters. The quantitative estimate of drug-likeness (QED) is 0.358. The molecular weight excluding hydrogens is 428 g/mol. The molecule has 1 aliphatic rings. The Morgan fingerprint density at radius 3 is 2.45 bits per heavy atom. The summed E-state index contributed by atoms with van der Waals surface area (Å²) in [5, 5.41) is 4.30. The van der Waals surface area contributed by atoms with Crippen LogP contribution in [0.1, 0.15) is 47.6 Å². The first-order valence-corrected chi connectivity index (χ1v) is 10.4. The number of hydrogen-bond donors (Lipinski definition) is 0. The molecule has 148 valence electrons. The SMILES string of the molecule is Cc1cc2c(n1-c1ccc(Br)cc1)CC(C)(C)C/C2=N\OC(=O)c1ccccc1. The Kier molecular flexibility index (Phi) is 5.17. The van der Waals surface area contributed by atoms with E-state index in [9.17, 15) is 4.79 Å². The number of oxime groups is 1. The van der Waals surface area contributed by atoms with Crippen molar-refractivity contribution in [1.82, 2.24) is 4.57 Å². The minimum absolute atomic E-state index is 0.0168. The fourth-order valence-corrected chi connectivity index (χ4v) is 4.20. The van der Waals surface area contributed by atoms with Gasteiger partial charge in [-0.25, -0.2) is 4.79 Å². The van der Waals surface area contributed by atoms with Crippen LogP contribution in [0.5, 0.6) is 0 Å². The van der Waals surface area contributed by atoms with Crippen molar-refractivity contribution < 1.29 is 9.63 Å². The van der Waals surface area contributed by atoms with Gasteiger partial charge in [-0.1, -0.05) is 53.1 Å². The molecule has 2 aromatic carbocycles. The molecule has 0 amide bonds. The summed E-state index contributed by atoms with van der Waals surface area (Å²) in [7, 11) is 0. The van der Waals surface area contributed by atoms with E-state index in [-0.39, 0.29) is 5.41 Å². The molecule has 0 saturated heterocycles. The van der Waals surface area contributed by atoms with Crippen molar-refractivity contribution in [3.63, 3.8) is 0 Å². The second-order valence-corrected chi connectivity index (χ2v) is 9.17. The van der Waals surface area contributed by atoms with Gasteiger partial charge in [0.2, 0.25) is 0 Å². The Morgan fingerprint density at radius 2 is 1.76 bits per heavy atom. The zero-order chi connectivity index (χ0) is 20.6. The van der Waals surface area contributed by atoms with E-state index in [2.05, 4.69) is 64.6 Å².